The van der Waals surface area contributed by atoms with Crippen LogP contribution >= 0.6 is 0 Å². The van der Waals surface area contributed by atoms with Crippen molar-refractivity contribution in [2.45, 2.75) is 60.0 Å². The number of hydrogen-bond donors (Lipinski definition) is 1. The van der Waals surface area contributed by atoms with Crippen molar-refractivity contribution in [2.24, 2.45) is 5.92 Å². The summed E-state index contributed by atoms with van der Waals surface area (Å²) in [5, 5.41) is 3.53. The Morgan fingerprint density at radius 2 is 1.53 bits per heavy atom. The standard InChI is InChI=1S/C13H30N2/c1-7-13(6)10-14-8-9-15(11(2)3)12(4)5/h11-14H,7-10H2,1-6H3/t13-/m0/s1. The average Bonchev–Trinajstić information content (AvgIpc) is 2.15. The van der Waals surface area contributed by atoms with Crippen molar-refractivity contribution in [1.29, 1.82) is 0 Å². The molecule has 0 radical (unpaired) electrons. The second-order valence-corrected chi connectivity index (χ2v) is 5.14. The third-order valence-corrected chi connectivity index (χ3v) is 3.06. The fraction of sp³-hybridized carbons (Fsp3) is 1.00. The zero-order valence-corrected chi connectivity index (χ0v) is 11.5. The van der Waals surface area contributed by atoms with Gasteiger partial charge in [-0.25, -0.2) is 0 Å². The molecule has 0 fully saturated rings. The van der Waals surface area contributed by atoms with Crippen molar-refractivity contribution in [3.63, 3.8) is 0 Å². The van der Waals surface area contributed by atoms with Gasteiger partial charge in [0.05, 0.1) is 0 Å². The predicted octanol–water partition coefficient (Wildman–Crippen LogP) is 2.74. The first kappa shape index (κ1) is 14.9. The first-order valence-corrected chi connectivity index (χ1v) is 6.45. The minimum absolute atomic E-state index is 0.649. The van der Waals surface area contributed by atoms with Crippen LogP contribution in [0, 0.1) is 5.92 Å². The molecule has 0 saturated carbocycles. The summed E-state index contributed by atoms with van der Waals surface area (Å²) in [6.45, 7) is 17.1. The molecule has 0 unspecified atom stereocenters. The van der Waals surface area contributed by atoms with Crippen molar-refractivity contribution in [3.8, 4) is 0 Å². The summed E-state index contributed by atoms with van der Waals surface area (Å²) in [4.78, 5) is 2.53. The molecule has 0 heterocycles. The normalized spacial score (nSPS) is 14.2. The van der Waals surface area contributed by atoms with E-state index in [1.807, 2.05) is 0 Å². The largest absolute Gasteiger partial charge is 0.315 e. The molecule has 0 bridgehead atoms. The lowest BCUT2D eigenvalue weighted by Gasteiger charge is -2.30. The Morgan fingerprint density at radius 3 is 1.93 bits per heavy atom. The lowest BCUT2D eigenvalue weighted by molar-refractivity contribution is 0.175. The van der Waals surface area contributed by atoms with Gasteiger partial charge in [-0.2, -0.15) is 0 Å². The zero-order valence-electron chi connectivity index (χ0n) is 11.5. The van der Waals surface area contributed by atoms with Crippen LogP contribution in [-0.4, -0.2) is 36.6 Å². The summed E-state index contributed by atoms with van der Waals surface area (Å²) in [5.74, 6) is 0.802. The van der Waals surface area contributed by atoms with Crippen LogP contribution < -0.4 is 5.32 Å². The van der Waals surface area contributed by atoms with Gasteiger partial charge in [-0.3, -0.25) is 4.90 Å². The van der Waals surface area contributed by atoms with E-state index in [1.54, 1.807) is 0 Å². The Kier molecular flexibility index (Phi) is 8.07. The van der Waals surface area contributed by atoms with Crippen molar-refractivity contribution in [2.75, 3.05) is 19.6 Å². The van der Waals surface area contributed by atoms with Gasteiger partial charge in [0, 0.05) is 25.2 Å². The van der Waals surface area contributed by atoms with Crippen molar-refractivity contribution >= 4 is 0 Å². The summed E-state index contributed by atoms with van der Waals surface area (Å²) < 4.78 is 0. The summed E-state index contributed by atoms with van der Waals surface area (Å²) in [7, 11) is 0. The quantitative estimate of drug-likeness (QED) is 0.625. The molecule has 0 aliphatic heterocycles. The van der Waals surface area contributed by atoms with Crippen LogP contribution in [0.15, 0.2) is 0 Å². The molecular formula is C13H30N2. The van der Waals surface area contributed by atoms with E-state index < -0.39 is 0 Å². The molecule has 0 aromatic heterocycles. The van der Waals surface area contributed by atoms with Crippen LogP contribution in [0.3, 0.4) is 0 Å². The SMILES string of the molecule is CC[C@H](C)CNCCN(C(C)C)C(C)C. The van der Waals surface area contributed by atoms with Gasteiger partial charge >= 0.3 is 0 Å². The van der Waals surface area contributed by atoms with Gasteiger partial charge in [0.25, 0.3) is 0 Å². The molecule has 1 N–H and O–H groups in total. The van der Waals surface area contributed by atoms with Crippen molar-refractivity contribution in [3.05, 3.63) is 0 Å². The third kappa shape index (κ3) is 6.91. The first-order valence-electron chi connectivity index (χ1n) is 6.45. The number of nitrogens with one attached hydrogen (secondary N) is 1. The molecule has 0 saturated heterocycles. The molecule has 2 nitrogen and oxygen atoms in total. The van der Waals surface area contributed by atoms with Gasteiger partial charge < -0.3 is 5.32 Å². The molecule has 0 aromatic carbocycles. The van der Waals surface area contributed by atoms with Gasteiger partial charge in [-0.05, 0) is 40.2 Å². The third-order valence-electron chi connectivity index (χ3n) is 3.06. The van der Waals surface area contributed by atoms with E-state index in [0.29, 0.717) is 12.1 Å². The van der Waals surface area contributed by atoms with Gasteiger partial charge in [-0.15, -0.1) is 0 Å². The number of nitrogens with zero attached hydrogens (tertiary/aromatic N) is 1. The van der Waals surface area contributed by atoms with Gasteiger partial charge in [-0.1, -0.05) is 20.3 Å². The second kappa shape index (κ2) is 8.12. The maximum Gasteiger partial charge on any atom is 0.0112 e. The van der Waals surface area contributed by atoms with E-state index in [1.165, 1.54) is 6.42 Å². The molecule has 0 spiro atoms. The van der Waals surface area contributed by atoms with E-state index in [4.69, 9.17) is 0 Å². The Labute approximate surface area is 96.4 Å². The van der Waals surface area contributed by atoms with Crippen LogP contribution in [0.25, 0.3) is 0 Å². The lowest BCUT2D eigenvalue weighted by atomic mass is 10.1. The topological polar surface area (TPSA) is 15.3 Å². The smallest absolute Gasteiger partial charge is 0.0112 e. The van der Waals surface area contributed by atoms with Crippen LogP contribution in [0.1, 0.15) is 48.0 Å². The highest BCUT2D eigenvalue weighted by molar-refractivity contribution is 4.68. The molecule has 2 heteroatoms. The number of rotatable bonds is 8. The van der Waals surface area contributed by atoms with Crippen LogP contribution in [0.4, 0.5) is 0 Å². The zero-order chi connectivity index (χ0) is 11.8. The van der Waals surface area contributed by atoms with Crippen molar-refractivity contribution < 1.29 is 0 Å². The molecule has 0 aliphatic rings. The fourth-order valence-corrected chi connectivity index (χ4v) is 1.81. The summed E-state index contributed by atoms with van der Waals surface area (Å²) in [6, 6.07) is 1.30. The monoisotopic (exact) mass is 214 g/mol. The average molecular weight is 214 g/mol. The fourth-order valence-electron chi connectivity index (χ4n) is 1.81. The molecule has 0 amide bonds. The van der Waals surface area contributed by atoms with E-state index in [2.05, 4.69) is 51.8 Å². The van der Waals surface area contributed by atoms with E-state index >= 15 is 0 Å². The number of hydrogen-bond acceptors (Lipinski definition) is 2. The molecule has 0 aromatic rings. The molecular weight excluding hydrogens is 184 g/mol. The van der Waals surface area contributed by atoms with Crippen molar-refractivity contribution in [1.82, 2.24) is 10.2 Å². The minimum atomic E-state index is 0.649. The maximum absolute atomic E-state index is 3.53. The highest BCUT2D eigenvalue weighted by atomic mass is 15.2. The Balaban J connectivity index is 3.63. The highest BCUT2D eigenvalue weighted by Gasteiger charge is 2.12. The van der Waals surface area contributed by atoms with Crippen LogP contribution in [0.2, 0.25) is 0 Å². The molecule has 15 heavy (non-hydrogen) atoms. The van der Waals surface area contributed by atoms with E-state index in [0.717, 1.165) is 25.6 Å². The Hall–Kier alpha value is -0.0800. The van der Waals surface area contributed by atoms with Crippen LogP contribution in [-0.2, 0) is 0 Å². The maximum atomic E-state index is 3.53. The Morgan fingerprint density at radius 1 is 1.00 bits per heavy atom. The highest BCUT2D eigenvalue weighted by Crippen LogP contribution is 2.03. The molecule has 1 atom stereocenters. The minimum Gasteiger partial charge on any atom is -0.315 e. The van der Waals surface area contributed by atoms with Gasteiger partial charge in [0.1, 0.15) is 0 Å². The van der Waals surface area contributed by atoms with Gasteiger partial charge in [0.2, 0.25) is 0 Å². The summed E-state index contributed by atoms with van der Waals surface area (Å²) in [5.41, 5.74) is 0. The molecule has 0 aliphatic carbocycles. The molecule has 92 valence electrons. The predicted molar refractivity (Wildman–Crippen MR) is 69.3 cm³/mol. The second-order valence-electron chi connectivity index (χ2n) is 5.14. The van der Waals surface area contributed by atoms with Crippen LogP contribution in [0.5, 0.6) is 0 Å². The summed E-state index contributed by atoms with van der Waals surface area (Å²) in [6.07, 6.45) is 1.27. The van der Waals surface area contributed by atoms with E-state index in [-0.39, 0.29) is 0 Å². The summed E-state index contributed by atoms with van der Waals surface area (Å²) >= 11 is 0. The molecule has 0 rings (SSSR count). The first-order chi connectivity index (χ1) is 6.99. The Bertz CT molecular complexity index is 135. The van der Waals surface area contributed by atoms with E-state index in [9.17, 15) is 0 Å². The lowest BCUT2D eigenvalue weighted by Crippen LogP contribution is -2.42. The van der Waals surface area contributed by atoms with Gasteiger partial charge in [0.15, 0.2) is 0 Å².